The Morgan fingerprint density at radius 2 is 2.08 bits per heavy atom. The SMILES string of the molecule is CCCc1ccc(C(C)NC(=O)C2CC(c3cccc(Br)c3)=NO2)cc1. The third-order valence-corrected chi connectivity index (χ3v) is 4.99. The molecule has 0 aromatic heterocycles. The molecule has 2 atom stereocenters. The van der Waals surface area contributed by atoms with Crippen LogP contribution in [0, 0.1) is 0 Å². The molecule has 1 heterocycles. The van der Waals surface area contributed by atoms with Crippen molar-refractivity contribution in [2.45, 2.75) is 45.3 Å². The Morgan fingerprint density at radius 3 is 2.77 bits per heavy atom. The van der Waals surface area contributed by atoms with Gasteiger partial charge < -0.3 is 10.2 Å². The third kappa shape index (κ3) is 4.52. The number of halogens is 1. The molecule has 2 aromatic rings. The van der Waals surface area contributed by atoms with E-state index in [0.717, 1.165) is 34.2 Å². The molecular formula is C21H23BrN2O2. The van der Waals surface area contributed by atoms with E-state index in [4.69, 9.17) is 4.84 Å². The van der Waals surface area contributed by atoms with Crippen molar-refractivity contribution in [1.82, 2.24) is 5.32 Å². The minimum Gasteiger partial charge on any atom is -0.382 e. The fraction of sp³-hybridized carbons (Fsp3) is 0.333. The van der Waals surface area contributed by atoms with Crippen LogP contribution in [0.25, 0.3) is 0 Å². The van der Waals surface area contributed by atoms with Gasteiger partial charge in [-0.1, -0.05) is 70.8 Å². The summed E-state index contributed by atoms with van der Waals surface area (Å²) in [6.07, 6.45) is 2.10. The van der Waals surface area contributed by atoms with E-state index in [2.05, 4.69) is 57.6 Å². The van der Waals surface area contributed by atoms with Crippen LogP contribution in [-0.4, -0.2) is 17.7 Å². The normalized spacial score (nSPS) is 17.3. The fourth-order valence-electron chi connectivity index (χ4n) is 3.01. The van der Waals surface area contributed by atoms with Crippen LogP contribution in [0.15, 0.2) is 58.2 Å². The molecule has 0 fully saturated rings. The first-order valence-electron chi connectivity index (χ1n) is 8.94. The van der Waals surface area contributed by atoms with Crippen LogP contribution in [0.1, 0.15) is 49.4 Å². The van der Waals surface area contributed by atoms with Crippen molar-refractivity contribution in [2.75, 3.05) is 0 Å². The molecule has 5 heteroatoms. The number of carbonyl (C=O) groups is 1. The molecule has 2 aromatic carbocycles. The van der Waals surface area contributed by atoms with Gasteiger partial charge >= 0.3 is 0 Å². The molecule has 1 amide bonds. The van der Waals surface area contributed by atoms with Gasteiger partial charge in [-0.15, -0.1) is 0 Å². The lowest BCUT2D eigenvalue weighted by Crippen LogP contribution is -2.36. The van der Waals surface area contributed by atoms with Crippen LogP contribution < -0.4 is 5.32 Å². The van der Waals surface area contributed by atoms with Crippen molar-refractivity contribution < 1.29 is 9.63 Å². The fourth-order valence-corrected chi connectivity index (χ4v) is 3.41. The number of aryl methyl sites for hydroxylation is 1. The van der Waals surface area contributed by atoms with Crippen LogP contribution >= 0.6 is 15.9 Å². The summed E-state index contributed by atoms with van der Waals surface area (Å²) in [6.45, 7) is 4.15. The van der Waals surface area contributed by atoms with Gasteiger partial charge in [-0.05, 0) is 36.6 Å². The summed E-state index contributed by atoms with van der Waals surface area (Å²) >= 11 is 3.45. The number of hydrogen-bond acceptors (Lipinski definition) is 3. The summed E-state index contributed by atoms with van der Waals surface area (Å²) in [7, 11) is 0. The van der Waals surface area contributed by atoms with E-state index < -0.39 is 6.10 Å². The molecule has 4 nitrogen and oxygen atoms in total. The first-order valence-corrected chi connectivity index (χ1v) is 9.74. The minimum absolute atomic E-state index is 0.0725. The van der Waals surface area contributed by atoms with Gasteiger partial charge in [0.25, 0.3) is 5.91 Å². The molecule has 0 radical (unpaired) electrons. The van der Waals surface area contributed by atoms with Gasteiger partial charge in [0.05, 0.1) is 11.8 Å². The first kappa shape index (κ1) is 18.6. The lowest BCUT2D eigenvalue weighted by atomic mass is 10.0. The molecule has 0 aliphatic carbocycles. The zero-order valence-corrected chi connectivity index (χ0v) is 16.6. The van der Waals surface area contributed by atoms with Crippen molar-refractivity contribution in [3.8, 4) is 0 Å². The van der Waals surface area contributed by atoms with E-state index in [0.29, 0.717) is 6.42 Å². The standard InChI is InChI=1S/C21H23BrN2O2/c1-3-5-15-8-10-16(11-9-15)14(2)23-21(25)20-13-19(24-26-20)17-6-4-7-18(22)12-17/h4,6-12,14,20H,3,5,13H2,1-2H3,(H,23,25). The number of oxime groups is 1. The Labute approximate surface area is 162 Å². The maximum atomic E-state index is 12.5. The highest BCUT2D eigenvalue weighted by Crippen LogP contribution is 2.21. The van der Waals surface area contributed by atoms with Gasteiger partial charge in [-0.3, -0.25) is 4.79 Å². The minimum atomic E-state index is -0.578. The van der Waals surface area contributed by atoms with Crippen LogP contribution in [0.2, 0.25) is 0 Å². The lowest BCUT2D eigenvalue weighted by molar-refractivity contribution is -0.131. The van der Waals surface area contributed by atoms with Crippen LogP contribution in [0.4, 0.5) is 0 Å². The highest BCUT2D eigenvalue weighted by Gasteiger charge is 2.29. The molecule has 26 heavy (non-hydrogen) atoms. The maximum absolute atomic E-state index is 12.5. The van der Waals surface area contributed by atoms with Crippen LogP contribution in [0.3, 0.4) is 0 Å². The molecule has 136 valence electrons. The van der Waals surface area contributed by atoms with E-state index in [9.17, 15) is 4.79 Å². The number of benzene rings is 2. The Bertz CT molecular complexity index is 802. The smallest absolute Gasteiger partial charge is 0.264 e. The molecular weight excluding hydrogens is 392 g/mol. The second-order valence-corrected chi connectivity index (χ2v) is 7.48. The molecule has 3 rings (SSSR count). The molecule has 1 N–H and O–H groups in total. The lowest BCUT2D eigenvalue weighted by Gasteiger charge is -2.17. The van der Waals surface area contributed by atoms with E-state index in [-0.39, 0.29) is 11.9 Å². The Morgan fingerprint density at radius 1 is 1.31 bits per heavy atom. The van der Waals surface area contributed by atoms with Crippen molar-refractivity contribution in [2.24, 2.45) is 5.16 Å². The number of rotatable bonds is 6. The number of nitrogens with zero attached hydrogens (tertiary/aromatic N) is 1. The summed E-state index contributed by atoms with van der Waals surface area (Å²) in [5.74, 6) is -0.135. The van der Waals surface area contributed by atoms with Gasteiger partial charge in [-0.2, -0.15) is 0 Å². The summed E-state index contributed by atoms with van der Waals surface area (Å²) in [6, 6.07) is 16.2. The summed E-state index contributed by atoms with van der Waals surface area (Å²) < 4.78 is 0.978. The molecule has 0 saturated carbocycles. The molecule has 1 aliphatic rings. The van der Waals surface area contributed by atoms with E-state index in [1.54, 1.807) is 0 Å². The predicted molar refractivity (Wildman–Crippen MR) is 107 cm³/mol. The monoisotopic (exact) mass is 414 g/mol. The van der Waals surface area contributed by atoms with Gasteiger partial charge in [0.15, 0.2) is 0 Å². The number of amides is 1. The number of nitrogens with one attached hydrogen (secondary N) is 1. The average molecular weight is 415 g/mol. The van der Waals surface area contributed by atoms with Crippen molar-refractivity contribution in [3.63, 3.8) is 0 Å². The quantitative estimate of drug-likeness (QED) is 0.739. The van der Waals surface area contributed by atoms with Crippen molar-refractivity contribution in [3.05, 3.63) is 69.7 Å². The molecule has 1 aliphatic heterocycles. The van der Waals surface area contributed by atoms with Gasteiger partial charge in [0, 0.05) is 16.5 Å². The zero-order valence-electron chi connectivity index (χ0n) is 15.0. The van der Waals surface area contributed by atoms with Gasteiger partial charge in [-0.25, -0.2) is 0 Å². The zero-order chi connectivity index (χ0) is 18.5. The second-order valence-electron chi connectivity index (χ2n) is 6.57. The van der Waals surface area contributed by atoms with Gasteiger partial charge in [0.1, 0.15) is 0 Å². The highest BCUT2D eigenvalue weighted by molar-refractivity contribution is 9.10. The number of carbonyl (C=O) groups excluding carboxylic acids is 1. The van der Waals surface area contributed by atoms with Crippen molar-refractivity contribution >= 4 is 27.5 Å². The molecule has 0 bridgehead atoms. The topological polar surface area (TPSA) is 50.7 Å². The predicted octanol–water partition coefficient (Wildman–Crippen LogP) is 4.77. The maximum Gasteiger partial charge on any atom is 0.264 e. The third-order valence-electron chi connectivity index (χ3n) is 4.50. The van der Waals surface area contributed by atoms with E-state index in [1.165, 1.54) is 5.56 Å². The Balaban J connectivity index is 1.57. The summed E-state index contributed by atoms with van der Waals surface area (Å²) in [5.41, 5.74) is 4.17. The second kappa shape index (κ2) is 8.49. The van der Waals surface area contributed by atoms with Gasteiger partial charge in [0.2, 0.25) is 6.10 Å². The van der Waals surface area contributed by atoms with E-state index >= 15 is 0 Å². The van der Waals surface area contributed by atoms with Crippen LogP contribution in [0.5, 0.6) is 0 Å². The van der Waals surface area contributed by atoms with Crippen molar-refractivity contribution in [1.29, 1.82) is 0 Å². The molecule has 0 spiro atoms. The number of hydrogen-bond donors (Lipinski definition) is 1. The summed E-state index contributed by atoms with van der Waals surface area (Å²) in [5, 5.41) is 7.12. The largest absolute Gasteiger partial charge is 0.382 e. The first-order chi connectivity index (χ1) is 12.6. The van der Waals surface area contributed by atoms with Crippen LogP contribution in [-0.2, 0) is 16.1 Å². The Kier molecular flexibility index (Phi) is 6.09. The highest BCUT2D eigenvalue weighted by atomic mass is 79.9. The Hall–Kier alpha value is -2.14. The van der Waals surface area contributed by atoms with E-state index in [1.807, 2.05) is 31.2 Å². The summed E-state index contributed by atoms with van der Waals surface area (Å²) in [4.78, 5) is 17.9. The molecule has 0 saturated heterocycles. The molecule has 2 unspecified atom stereocenters. The average Bonchev–Trinajstić information content (AvgIpc) is 3.13.